The van der Waals surface area contributed by atoms with E-state index in [0.717, 1.165) is 47.4 Å². The van der Waals surface area contributed by atoms with Crippen LogP contribution in [0.15, 0.2) is 48.7 Å². The first-order valence-corrected chi connectivity index (χ1v) is 10.9. The van der Waals surface area contributed by atoms with E-state index in [1.165, 1.54) is 6.92 Å². The average Bonchev–Trinajstić information content (AvgIpc) is 3.20. The molecule has 0 aliphatic carbocycles. The van der Waals surface area contributed by atoms with Crippen molar-refractivity contribution in [1.29, 1.82) is 0 Å². The van der Waals surface area contributed by atoms with Crippen LogP contribution in [-0.2, 0) is 16.0 Å². The number of anilines is 2. The molecule has 0 unspecified atom stereocenters. The van der Waals surface area contributed by atoms with Gasteiger partial charge in [0, 0.05) is 61.6 Å². The number of hydrogen-bond donors (Lipinski definition) is 3. The van der Waals surface area contributed by atoms with Crippen LogP contribution in [0.25, 0.3) is 10.9 Å². The highest BCUT2D eigenvalue weighted by Gasteiger charge is 2.21. The lowest BCUT2D eigenvalue weighted by molar-refractivity contribution is -0.133. The van der Waals surface area contributed by atoms with Crippen LogP contribution in [0.5, 0.6) is 5.75 Å². The summed E-state index contributed by atoms with van der Waals surface area (Å²) >= 11 is 0. The van der Waals surface area contributed by atoms with Crippen molar-refractivity contribution in [2.24, 2.45) is 5.73 Å². The molecule has 0 spiro atoms. The number of fused-ring (bicyclic) bond motifs is 1. The van der Waals surface area contributed by atoms with E-state index in [-0.39, 0.29) is 30.8 Å². The number of aromatic amines is 1. The first-order valence-electron chi connectivity index (χ1n) is 10.9. The second kappa shape index (κ2) is 11.1. The zero-order valence-electron chi connectivity index (χ0n) is 18.7. The van der Waals surface area contributed by atoms with Gasteiger partial charge in [-0.25, -0.2) is 0 Å². The number of carbonyl (C=O) groups is 2. The number of H-pyrrole nitrogens is 1. The van der Waals surface area contributed by atoms with Gasteiger partial charge in [0.25, 0.3) is 5.91 Å². The summed E-state index contributed by atoms with van der Waals surface area (Å²) in [4.78, 5) is 31.1. The molecule has 1 aliphatic heterocycles. The Kier molecular flexibility index (Phi) is 8.19. The Bertz CT molecular complexity index is 1090. The topological polar surface area (TPSA) is 104 Å². The maximum absolute atomic E-state index is 12.7. The normalized spacial score (nSPS) is 13.5. The number of halogens is 1. The number of nitrogens with one attached hydrogen (secondary N) is 2. The van der Waals surface area contributed by atoms with Crippen LogP contribution in [0.2, 0.25) is 0 Å². The zero-order chi connectivity index (χ0) is 22.5. The second-order valence-electron chi connectivity index (χ2n) is 7.94. The largest absolute Gasteiger partial charge is 0.484 e. The molecule has 176 valence electrons. The summed E-state index contributed by atoms with van der Waals surface area (Å²) < 4.78 is 5.80. The fraction of sp³-hybridized carbons (Fsp3) is 0.333. The number of ether oxygens (including phenoxy) is 1. The molecule has 1 saturated heterocycles. The molecule has 0 bridgehead atoms. The molecule has 4 rings (SSSR count). The molecule has 2 aromatic carbocycles. The summed E-state index contributed by atoms with van der Waals surface area (Å²) in [6.07, 6.45) is 2.77. The van der Waals surface area contributed by atoms with Crippen molar-refractivity contribution in [2.75, 3.05) is 49.5 Å². The van der Waals surface area contributed by atoms with Gasteiger partial charge < -0.3 is 30.6 Å². The molecular formula is C24H30ClN5O3. The lowest BCUT2D eigenvalue weighted by Gasteiger charge is -2.36. The van der Waals surface area contributed by atoms with E-state index in [4.69, 9.17) is 10.5 Å². The van der Waals surface area contributed by atoms with Crippen LogP contribution in [0, 0.1) is 0 Å². The van der Waals surface area contributed by atoms with Gasteiger partial charge in [0.05, 0.1) is 0 Å². The standard InChI is InChI=1S/C24H29N5O3.ClH/c1-17(30)27-19-2-4-20(5-3-19)28-10-12-29(13-11-28)24(31)16-32-21-6-7-23-22(14-21)18(8-9-25)15-26-23;/h2-7,14-15,26H,8-13,16,25H2,1H3,(H,27,30);1H. The molecule has 0 saturated carbocycles. The van der Waals surface area contributed by atoms with Crippen molar-refractivity contribution < 1.29 is 14.3 Å². The number of hydrogen-bond acceptors (Lipinski definition) is 5. The highest BCUT2D eigenvalue weighted by Crippen LogP contribution is 2.24. The van der Waals surface area contributed by atoms with E-state index in [0.29, 0.717) is 25.4 Å². The van der Waals surface area contributed by atoms with Crippen LogP contribution in [0.3, 0.4) is 0 Å². The molecule has 3 aromatic rings. The Hall–Kier alpha value is -3.23. The number of nitrogens with zero attached hydrogens (tertiary/aromatic N) is 2. The van der Waals surface area contributed by atoms with Crippen LogP contribution >= 0.6 is 12.4 Å². The highest BCUT2D eigenvalue weighted by atomic mass is 35.5. The molecular weight excluding hydrogens is 442 g/mol. The maximum atomic E-state index is 12.7. The Morgan fingerprint density at radius 2 is 1.82 bits per heavy atom. The third kappa shape index (κ3) is 5.97. The number of amides is 2. The minimum Gasteiger partial charge on any atom is -0.484 e. The summed E-state index contributed by atoms with van der Waals surface area (Å²) in [6, 6.07) is 13.6. The minimum absolute atomic E-state index is 0. The fourth-order valence-corrected chi connectivity index (χ4v) is 4.02. The Labute approximate surface area is 199 Å². The number of benzene rings is 2. The number of nitrogens with two attached hydrogens (primary N) is 1. The first kappa shape index (κ1) is 24.4. The molecule has 2 heterocycles. The first-order chi connectivity index (χ1) is 15.5. The van der Waals surface area contributed by atoms with Crippen LogP contribution < -0.4 is 20.7 Å². The maximum Gasteiger partial charge on any atom is 0.260 e. The van der Waals surface area contributed by atoms with Gasteiger partial charge in [-0.15, -0.1) is 12.4 Å². The molecule has 1 aromatic heterocycles. The average molecular weight is 472 g/mol. The van der Waals surface area contributed by atoms with Crippen molar-refractivity contribution in [1.82, 2.24) is 9.88 Å². The van der Waals surface area contributed by atoms with Gasteiger partial charge in [-0.2, -0.15) is 0 Å². The van der Waals surface area contributed by atoms with Gasteiger partial charge in [-0.05, 0) is 61.0 Å². The summed E-state index contributed by atoms with van der Waals surface area (Å²) in [7, 11) is 0. The predicted octanol–water partition coefficient (Wildman–Crippen LogP) is 2.78. The van der Waals surface area contributed by atoms with Crippen LogP contribution in [0.4, 0.5) is 11.4 Å². The monoisotopic (exact) mass is 471 g/mol. The molecule has 0 radical (unpaired) electrons. The molecule has 1 aliphatic rings. The molecule has 8 nitrogen and oxygen atoms in total. The van der Waals surface area contributed by atoms with Gasteiger partial charge in [0.2, 0.25) is 5.91 Å². The molecule has 4 N–H and O–H groups in total. The lowest BCUT2D eigenvalue weighted by Crippen LogP contribution is -2.50. The highest BCUT2D eigenvalue weighted by molar-refractivity contribution is 5.89. The lowest BCUT2D eigenvalue weighted by atomic mass is 10.1. The van der Waals surface area contributed by atoms with Crippen molar-refractivity contribution >= 4 is 46.5 Å². The van der Waals surface area contributed by atoms with Crippen molar-refractivity contribution in [2.45, 2.75) is 13.3 Å². The summed E-state index contributed by atoms with van der Waals surface area (Å²) in [5, 5.41) is 3.85. The Morgan fingerprint density at radius 3 is 2.48 bits per heavy atom. The van der Waals surface area contributed by atoms with E-state index in [1.807, 2.05) is 53.6 Å². The number of rotatable bonds is 7. The third-order valence-corrected chi connectivity index (χ3v) is 5.70. The number of piperazine rings is 1. The summed E-state index contributed by atoms with van der Waals surface area (Å²) in [5.74, 6) is 0.583. The van der Waals surface area contributed by atoms with E-state index in [1.54, 1.807) is 0 Å². The Balaban J connectivity index is 0.00000306. The van der Waals surface area contributed by atoms with E-state index >= 15 is 0 Å². The van der Waals surface area contributed by atoms with Gasteiger partial charge in [-0.3, -0.25) is 9.59 Å². The Morgan fingerprint density at radius 1 is 1.09 bits per heavy atom. The molecule has 2 amide bonds. The van der Waals surface area contributed by atoms with Crippen molar-refractivity contribution in [3.8, 4) is 5.75 Å². The molecule has 9 heteroatoms. The van der Waals surface area contributed by atoms with Gasteiger partial charge in [0.1, 0.15) is 5.75 Å². The molecule has 1 fully saturated rings. The fourth-order valence-electron chi connectivity index (χ4n) is 4.02. The molecule has 0 atom stereocenters. The van der Waals surface area contributed by atoms with Crippen LogP contribution in [-0.4, -0.2) is 61.0 Å². The quantitative estimate of drug-likeness (QED) is 0.491. The molecule has 33 heavy (non-hydrogen) atoms. The third-order valence-electron chi connectivity index (χ3n) is 5.70. The van der Waals surface area contributed by atoms with E-state index in [2.05, 4.69) is 15.2 Å². The van der Waals surface area contributed by atoms with Gasteiger partial charge in [-0.1, -0.05) is 0 Å². The SMILES string of the molecule is CC(=O)Nc1ccc(N2CCN(C(=O)COc3ccc4[nH]cc(CCN)c4c3)CC2)cc1.Cl. The van der Waals surface area contributed by atoms with Crippen LogP contribution in [0.1, 0.15) is 12.5 Å². The number of aromatic nitrogens is 1. The summed E-state index contributed by atoms with van der Waals surface area (Å²) in [6.45, 7) is 4.90. The van der Waals surface area contributed by atoms with Gasteiger partial charge >= 0.3 is 0 Å². The van der Waals surface area contributed by atoms with Gasteiger partial charge in [0.15, 0.2) is 6.61 Å². The van der Waals surface area contributed by atoms with E-state index in [9.17, 15) is 9.59 Å². The minimum atomic E-state index is -0.0869. The number of carbonyl (C=O) groups excluding carboxylic acids is 2. The van der Waals surface area contributed by atoms with Crippen molar-refractivity contribution in [3.63, 3.8) is 0 Å². The predicted molar refractivity (Wildman–Crippen MR) is 133 cm³/mol. The smallest absolute Gasteiger partial charge is 0.260 e. The van der Waals surface area contributed by atoms with E-state index < -0.39 is 0 Å². The zero-order valence-corrected chi connectivity index (χ0v) is 19.5. The van der Waals surface area contributed by atoms with Crippen molar-refractivity contribution in [3.05, 3.63) is 54.2 Å². The second-order valence-corrected chi connectivity index (χ2v) is 7.94. The summed E-state index contributed by atoms with van der Waals surface area (Å²) in [5.41, 5.74) is 9.73.